The van der Waals surface area contributed by atoms with Gasteiger partial charge in [-0.25, -0.2) is 4.98 Å². The summed E-state index contributed by atoms with van der Waals surface area (Å²) in [6.45, 7) is 8.89. The Bertz CT molecular complexity index is 938. The normalized spacial score (nSPS) is 20.3. The Kier molecular flexibility index (Phi) is 5.47. The van der Waals surface area contributed by atoms with Crippen molar-refractivity contribution in [2.45, 2.75) is 71.4 Å². The van der Waals surface area contributed by atoms with Gasteiger partial charge in [-0.3, -0.25) is 9.59 Å². The lowest BCUT2D eigenvalue weighted by Gasteiger charge is -2.29. The van der Waals surface area contributed by atoms with E-state index in [0.29, 0.717) is 13.0 Å². The molecule has 1 aromatic heterocycles. The molecule has 1 aliphatic carbocycles. The lowest BCUT2D eigenvalue weighted by atomic mass is 9.91. The average molecular weight is 426 g/mol. The molecule has 1 unspecified atom stereocenters. The fraction of sp³-hybridized carbons (Fsp3) is 0.542. The van der Waals surface area contributed by atoms with E-state index in [-0.39, 0.29) is 28.8 Å². The second-order valence-electron chi connectivity index (χ2n) is 9.90. The number of carbonyl (C=O) groups is 2. The summed E-state index contributed by atoms with van der Waals surface area (Å²) in [6, 6.07) is 8.15. The highest BCUT2D eigenvalue weighted by atomic mass is 32.1. The molecule has 1 aliphatic heterocycles. The van der Waals surface area contributed by atoms with Crippen molar-refractivity contribution in [3.63, 3.8) is 0 Å². The molecular formula is C24H31N3O2S. The van der Waals surface area contributed by atoms with E-state index in [1.165, 1.54) is 4.88 Å². The minimum Gasteiger partial charge on any atom is -0.345 e. The minimum absolute atomic E-state index is 0.00497. The van der Waals surface area contributed by atoms with E-state index >= 15 is 0 Å². The second kappa shape index (κ2) is 7.80. The number of hydrogen-bond donors (Lipinski definition) is 1. The van der Waals surface area contributed by atoms with Gasteiger partial charge in [-0.15, -0.1) is 11.3 Å². The summed E-state index contributed by atoms with van der Waals surface area (Å²) in [5.41, 5.74) is 4.87. The van der Waals surface area contributed by atoms with Crippen LogP contribution in [0, 0.1) is 12.3 Å². The first-order valence-electron chi connectivity index (χ1n) is 10.8. The van der Waals surface area contributed by atoms with Crippen LogP contribution < -0.4 is 5.32 Å². The topological polar surface area (TPSA) is 62.3 Å². The van der Waals surface area contributed by atoms with Gasteiger partial charge in [0.05, 0.1) is 21.6 Å². The first-order chi connectivity index (χ1) is 14.2. The molecule has 1 atom stereocenters. The number of likely N-dealkylation sites (tertiary alicyclic amines) is 1. The Morgan fingerprint density at radius 1 is 1.23 bits per heavy atom. The number of amides is 2. The zero-order valence-corrected chi connectivity index (χ0v) is 19.1. The summed E-state index contributed by atoms with van der Waals surface area (Å²) >= 11 is 1.65. The highest BCUT2D eigenvalue weighted by molar-refractivity contribution is 7.13. The molecule has 1 N–H and O–H groups in total. The lowest BCUT2D eigenvalue weighted by Crippen LogP contribution is -2.49. The van der Waals surface area contributed by atoms with E-state index in [2.05, 4.69) is 55.3 Å². The van der Waals surface area contributed by atoms with Crippen molar-refractivity contribution in [3.05, 3.63) is 41.0 Å². The van der Waals surface area contributed by atoms with Gasteiger partial charge in [-0.05, 0) is 49.1 Å². The van der Waals surface area contributed by atoms with Gasteiger partial charge < -0.3 is 10.2 Å². The van der Waals surface area contributed by atoms with Crippen LogP contribution in [0.25, 0.3) is 10.4 Å². The molecule has 0 radical (unpaired) electrons. The molecule has 0 bridgehead atoms. The van der Waals surface area contributed by atoms with Crippen molar-refractivity contribution >= 4 is 23.2 Å². The van der Waals surface area contributed by atoms with E-state index in [4.69, 9.17) is 0 Å². The molecule has 0 spiro atoms. The summed E-state index contributed by atoms with van der Waals surface area (Å²) in [4.78, 5) is 33.2. The number of thiazole rings is 1. The van der Waals surface area contributed by atoms with Crippen LogP contribution in [-0.2, 0) is 15.1 Å². The second-order valence-corrected chi connectivity index (χ2v) is 10.8. The monoisotopic (exact) mass is 425 g/mol. The van der Waals surface area contributed by atoms with Crippen LogP contribution in [0.3, 0.4) is 0 Å². The molecule has 2 fully saturated rings. The van der Waals surface area contributed by atoms with Gasteiger partial charge in [0.1, 0.15) is 6.04 Å². The Morgan fingerprint density at radius 2 is 1.93 bits per heavy atom. The Hall–Kier alpha value is -2.21. The molecule has 2 amide bonds. The van der Waals surface area contributed by atoms with E-state index in [9.17, 15) is 9.59 Å². The number of aromatic nitrogens is 1. The molecule has 2 aromatic rings. The van der Waals surface area contributed by atoms with Crippen LogP contribution in [0.5, 0.6) is 0 Å². The third-order valence-electron chi connectivity index (χ3n) is 6.12. The van der Waals surface area contributed by atoms with Crippen LogP contribution >= 0.6 is 11.3 Å². The average Bonchev–Trinajstić information content (AvgIpc) is 3.10. The number of carbonyl (C=O) groups excluding carboxylic acids is 2. The molecule has 1 saturated heterocycles. The van der Waals surface area contributed by atoms with Gasteiger partial charge in [0.2, 0.25) is 11.8 Å². The van der Waals surface area contributed by atoms with Gasteiger partial charge in [0.15, 0.2) is 0 Å². The number of benzene rings is 1. The molecule has 5 nitrogen and oxygen atoms in total. The van der Waals surface area contributed by atoms with Gasteiger partial charge in [0, 0.05) is 13.0 Å². The number of hydrogen-bond acceptors (Lipinski definition) is 4. The molecule has 4 rings (SSSR count). The van der Waals surface area contributed by atoms with Gasteiger partial charge >= 0.3 is 0 Å². The van der Waals surface area contributed by atoms with E-state index < -0.39 is 0 Å². The van der Waals surface area contributed by atoms with Crippen LogP contribution in [-0.4, -0.2) is 34.3 Å². The smallest absolute Gasteiger partial charge is 0.243 e. The number of aryl methyl sites for hydroxylation is 1. The third kappa shape index (κ3) is 4.29. The fourth-order valence-electron chi connectivity index (χ4n) is 4.34. The SMILES string of the molecule is Cc1ncsc1-c1ccc(C2(NC(=O)C3CCCN3C(=O)CC(C)(C)C)CC2)cc1. The van der Waals surface area contributed by atoms with Gasteiger partial charge in [-0.2, -0.15) is 0 Å². The molecule has 6 heteroatoms. The largest absolute Gasteiger partial charge is 0.345 e. The number of rotatable bonds is 5. The summed E-state index contributed by atoms with van der Waals surface area (Å²) < 4.78 is 0. The number of nitrogens with one attached hydrogen (secondary N) is 1. The van der Waals surface area contributed by atoms with Gasteiger partial charge in [0.25, 0.3) is 0 Å². The van der Waals surface area contributed by atoms with Crippen LogP contribution in [0.15, 0.2) is 29.8 Å². The van der Waals surface area contributed by atoms with Crippen molar-refractivity contribution in [1.82, 2.24) is 15.2 Å². The van der Waals surface area contributed by atoms with Crippen molar-refractivity contribution in [2.24, 2.45) is 5.41 Å². The lowest BCUT2D eigenvalue weighted by molar-refractivity contribution is -0.140. The van der Waals surface area contributed by atoms with Crippen LogP contribution in [0.2, 0.25) is 0 Å². The Labute approximate surface area is 182 Å². The predicted octanol–water partition coefficient (Wildman–Crippen LogP) is 4.65. The predicted molar refractivity (Wildman–Crippen MR) is 120 cm³/mol. The standard InChI is InChI=1S/C24H31N3O2S/c1-16-21(30-15-25-16)17-7-9-18(10-8-17)24(11-12-24)26-22(29)19-6-5-13-27(19)20(28)14-23(2,3)4/h7-10,15,19H,5-6,11-14H2,1-4H3,(H,26,29). The van der Waals surface area contributed by atoms with E-state index in [1.54, 1.807) is 16.2 Å². The maximum atomic E-state index is 13.1. The Morgan fingerprint density at radius 3 is 2.50 bits per heavy atom. The molecule has 1 saturated carbocycles. The zero-order chi connectivity index (χ0) is 21.5. The summed E-state index contributed by atoms with van der Waals surface area (Å²) in [7, 11) is 0. The van der Waals surface area contributed by atoms with E-state index in [1.807, 2.05) is 12.4 Å². The summed E-state index contributed by atoms with van der Waals surface area (Å²) in [5, 5.41) is 3.30. The third-order valence-corrected chi connectivity index (χ3v) is 7.09. The first-order valence-corrected chi connectivity index (χ1v) is 11.7. The van der Waals surface area contributed by atoms with Crippen molar-refractivity contribution < 1.29 is 9.59 Å². The van der Waals surface area contributed by atoms with Crippen molar-refractivity contribution in [3.8, 4) is 10.4 Å². The molecule has 160 valence electrons. The fourth-order valence-corrected chi connectivity index (χ4v) is 5.15. The molecule has 30 heavy (non-hydrogen) atoms. The highest BCUT2D eigenvalue weighted by Gasteiger charge is 2.48. The van der Waals surface area contributed by atoms with E-state index in [0.717, 1.165) is 42.5 Å². The molecule has 2 aliphatic rings. The molecule has 2 heterocycles. The Balaban J connectivity index is 1.45. The maximum Gasteiger partial charge on any atom is 0.243 e. The van der Waals surface area contributed by atoms with Crippen molar-refractivity contribution in [2.75, 3.05) is 6.54 Å². The quantitative estimate of drug-likeness (QED) is 0.758. The minimum atomic E-state index is -0.337. The summed E-state index contributed by atoms with van der Waals surface area (Å²) in [6.07, 6.45) is 4.01. The first kappa shape index (κ1) is 21.0. The summed E-state index contributed by atoms with van der Waals surface area (Å²) in [5.74, 6) is 0.0870. The number of nitrogens with zero attached hydrogens (tertiary/aromatic N) is 2. The van der Waals surface area contributed by atoms with Crippen LogP contribution in [0.4, 0.5) is 0 Å². The van der Waals surface area contributed by atoms with Crippen molar-refractivity contribution in [1.29, 1.82) is 0 Å². The zero-order valence-electron chi connectivity index (χ0n) is 18.3. The van der Waals surface area contributed by atoms with Gasteiger partial charge in [-0.1, -0.05) is 45.0 Å². The molecule has 1 aromatic carbocycles. The maximum absolute atomic E-state index is 13.1. The highest BCUT2D eigenvalue weighted by Crippen LogP contribution is 2.46. The molecular weight excluding hydrogens is 394 g/mol. The van der Waals surface area contributed by atoms with Crippen LogP contribution in [0.1, 0.15) is 64.1 Å².